The van der Waals surface area contributed by atoms with E-state index in [1.54, 1.807) is 36.4 Å². The Kier molecular flexibility index (Phi) is 6.14. The fourth-order valence-corrected chi connectivity index (χ4v) is 3.33. The van der Waals surface area contributed by atoms with E-state index in [1.807, 2.05) is 17.9 Å². The lowest BCUT2D eigenvalue weighted by Crippen LogP contribution is -2.48. The zero-order valence-electron chi connectivity index (χ0n) is 15.7. The molecule has 0 radical (unpaired) electrons. The molecule has 0 atom stereocenters. The van der Waals surface area contributed by atoms with Crippen LogP contribution in [0.4, 0.5) is 5.69 Å². The van der Waals surface area contributed by atoms with Crippen LogP contribution >= 0.6 is 11.6 Å². The number of hydrogen-bond acceptors (Lipinski definition) is 3. The molecule has 5 nitrogen and oxygen atoms in total. The van der Waals surface area contributed by atoms with Gasteiger partial charge < -0.3 is 15.1 Å². The molecule has 1 saturated heterocycles. The van der Waals surface area contributed by atoms with Gasteiger partial charge in [-0.1, -0.05) is 24.6 Å². The van der Waals surface area contributed by atoms with Gasteiger partial charge in [-0.3, -0.25) is 9.59 Å². The molecule has 0 aromatic heterocycles. The standard InChI is InChI=1S/C21H24ClN3O2/c1-3-24-11-13-25(14-12-24)21(27)17-9-7-16(8-10-17)20(26)23-19-6-4-5-18(22)15(19)2/h4-10H,3,11-14H2,1-2H3,(H,23,26). The second-order valence-electron chi connectivity index (χ2n) is 6.67. The number of carbonyl (C=O) groups excluding carboxylic acids is 2. The van der Waals surface area contributed by atoms with Crippen molar-refractivity contribution >= 4 is 29.1 Å². The number of benzene rings is 2. The number of halogens is 1. The Morgan fingerprint density at radius 1 is 1.00 bits per heavy atom. The molecule has 0 saturated carbocycles. The molecule has 1 fully saturated rings. The maximum atomic E-state index is 12.6. The third-order valence-electron chi connectivity index (χ3n) is 5.02. The average molecular weight is 386 g/mol. The topological polar surface area (TPSA) is 52.7 Å². The summed E-state index contributed by atoms with van der Waals surface area (Å²) in [6.07, 6.45) is 0. The molecule has 0 aliphatic carbocycles. The Morgan fingerprint density at radius 2 is 1.63 bits per heavy atom. The van der Waals surface area contributed by atoms with Crippen LogP contribution in [0.1, 0.15) is 33.2 Å². The molecule has 1 N–H and O–H groups in total. The van der Waals surface area contributed by atoms with E-state index in [2.05, 4.69) is 17.1 Å². The van der Waals surface area contributed by atoms with Crippen molar-refractivity contribution in [2.45, 2.75) is 13.8 Å². The first kappa shape index (κ1) is 19.4. The van der Waals surface area contributed by atoms with E-state index in [-0.39, 0.29) is 11.8 Å². The summed E-state index contributed by atoms with van der Waals surface area (Å²) < 4.78 is 0. The highest BCUT2D eigenvalue weighted by Crippen LogP contribution is 2.23. The van der Waals surface area contributed by atoms with Gasteiger partial charge in [0, 0.05) is 48.0 Å². The van der Waals surface area contributed by atoms with Crippen LogP contribution in [0.5, 0.6) is 0 Å². The molecular weight excluding hydrogens is 362 g/mol. The van der Waals surface area contributed by atoms with Gasteiger partial charge in [0.25, 0.3) is 11.8 Å². The number of nitrogens with zero attached hydrogens (tertiary/aromatic N) is 2. The molecule has 27 heavy (non-hydrogen) atoms. The summed E-state index contributed by atoms with van der Waals surface area (Å²) in [5.41, 5.74) is 2.61. The summed E-state index contributed by atoms with van der Waals surface area (Å²) >= 11 is 6.09. The second-order valence-corrected chi connectivity index (χ2v) is 7.08. The largest absolute Gasteiger partial charge is 0.336 e. The first-order chi connectivity index (χ1) is 13.0. The number of carbonyl (C=O) groups is 2. The molecule has 1 heterocycles. The number of likely N-dealkylation sites (N-methyl/N-ethyl adjacent to an activating group) is 1. The number of rotatable bonds is 4. The van der Waals surface area contributed by atoms with E-state index in [9.17, 15) is 9.59 Å². The molecule has 1 aliphatic rings. The monoisotopic (exact) mass is 385 g/mol. The Hall–Kier alpha value is -2.37. The quantitative estimate of drug-likeness (QED) is 0.873. The minimum Gasteiger partial charge on any atom is -0.336 e. The lowest BCUT2D eigenvalue weighted by Gasteiger charge is -2.34. The predicted molar refractivity (Wildman–Crippen MR) is 109 cm³/mol. The zero-order chi connectivity index (χ0) is 19.4. The van der Waals surface area contributed by atoms with Crippen molar-refractivity contribution in [3.05, 3.63) is 64.2 Å². The van der Waals surface area contributed by atoms with E-state index in [1.165, 1.54) is 0 Å². The van der Waals surface area contributed by atoms with Crippen molar-refractivity contribution in [1.29, 1.82) is 0 Å². The highest BCUT2D eigenvalue weighted by atomic mass is 35.5. The fraction of sp³-hybridized carbons (Fsp3) is 0.333. The van der Waals surface area contributed by atoms with Crippen LogP contribution in [0.25, 0.3) is 0 Å². The highest BCUT2D eigenvalue weighted by molar-refractivity contribution is 6.31. The molecule has 0 bridgehead atoms. The lowest BCUT2D eigenvalue weighted by atomic mass is 10.1. The van der Waals surface area contributed by atoms with Gasteiger partial charge in [0.1, 0.15) is 0 Å². The minimum atomic E-state index is -0.226. The van der Waals surface area contributed by atoms with Crippen LogP contribution in [0.15, 0.2) is 42.5 Å². The summed E-state index contributed by atoms with van der Waals surface area (Å²) in [5.74, 6) is -0.209. The predicted octanol–water partition coefficient (Wildman–Crippen LogP) is 3.68. The van der Waals surface area contributed by atoms with Gasteiger partial charge in [-0.05, 0) is 55.4 Å². The highest BCUT2D eigenvalue weighted by Gasteiger charge is 2.21. The maximum absolute atomic E-state index is 12.6. The second kappa shape index (κ2) is 8.55. The number of hydrogen-bond donors (Lipinski definition) is 1. The molecule has 0 unspecified atom stereocenters. The molecule has 3 rings (SSSR count). The Balaban J connectivity index is 1.65. The third-order valence-corrected chi connectivity index (χ3v) is 5.43. The van der Waals surface area contributed by atoms with Crippen LogP contribution in [0.2, 0.25) is 5.02 Å². The molecule has 142 valence electrons. The van der Waals surface area contributed by atoms with Gasteiger partial charge in [-0.25, -0.2) is 0 Å². The average Bonchev–Trinajstić information content (AvgIpc) is 2.71. The maximum Gasteiger partial charge on any atom is 0.255 e. The van der Waals surface area contributed by atoms with Gasteiger partial charge in [0.05, 0.1) is 0 Å². The van der Waals surface area contributed by atoms with E-state index in [0.717, 1.165) is 38.3 Å². The SMILES string of the molecule is CCN1CCN(C(=O)c2ccc(C(=O)Nc3cccc(Cl)c3C)cc2)CC1. The van der Waals surface area contributed by atoms with Crippen molar-refractivity contribution in [2.75, 3.05) is 38.0 Å². The van der Waals surface area contributed by atoms with Crippen LogP contribution in [-0.4, -0.2) is 54.3 Å². The summed E-state index contributed by atoms with van der Waals surface area (Å²) in [5, 5.41) is 3.47. The summed E-state index contributed by atoms with van der Waals surface area (Å²) in [6, 6.07) is 12.2. The summed E-state index contributed by atoms with van der Waals surface area (Å²) in [6.45, 7) is 8.29. The van der Waals surface area contributed by atoms with Crippen LogP contribution in [0.3, 0.4) is 0 Å². The molecule has 6 heteroatoms. The number of amides is 2. The van der Waals surface area contributed by atoms with Crippen molar-refractivity contribution in [3.8, 4) is 0 Å². The number of piperazine rings is 1. The molecule has 1 aliphatic heterocycles. The molecule has 2 aromatic carbocycles. The van der Waals surface area contributed by atoms with Gasteiger partial charge in [-0.2, -0.15) is 0 Å². The first-order valence-corrected chi connectivity index (χ1v) is 9.55. The van der Waals surface area contributed by atoms with Gasteiger partial charge >= 0.3 is 0 Å². The fourth-order valence-electron chi connectivity index (χ4n) is 3.15. The van der Waals surface area contributed by atoms with Crippen LogP contribution < -0.4 is 5.32 Å². The normalized spacial score (nSPS) is 14.9. The van der Waals surface area contributed by atoms with Gasteiger partial charge in [0.2, 0.25) is 0 Å². The number of anilines is 1. The van der Waals surface area contributed by atoms with Crippen molar-refractivity contribution in [2.24, 2.45) is 0 Å². The van der Waals surface area contributed by atoms with Crippen LogP contribution in [-0.2, 0) is 0 Å². The third kappa shape index (κ3) is 4.49. The summed E-state index contributed by atoms with van der Waals surface area (Å²) in [4.78, 5) is 29.3. The number of nitrogens with one attached hydrogen (secondary N) is 1. The summed E-state index contributed by atoms with van der Waals surface area (Å²) in [7, 11) is 0. The molecule has 2 amide bonds. The van der Waals surface area contributed by atoms with Crippen LogP contribution in [0, 0.1) is 6.92 Å². The Morgan fingerprint density at radius 3 is 2.26 bits per heavy atom. The molecule has 2 aromatic rings. The van der Waals surface area contributed by atoms with E-state index in [0.29, 0.717) is 21.8 Å². The lowest BCUT2D eigenvalue weighted by molar-refractivity contribution is 0.0643. The molecular formula is C21H24ClN3O2. The smallest absolute Gasteiger partial charge is 0.255 e. The zero-order valence-corrected chi connectivity index (χ0v) is 16.4. The van der Waals surface area contributed by atoms with E-state index >= 15 is 0 Å². The van der Waals surface area contributed by atoms with E-state index < -0.39 is 0 Å². The minimum absolute atomic E-state index is 0.0170. The van der Waals surface area contributed by atoms with Crippen molar-refractivity contribution < 1.29 is 9.59 Å². The van der Waals surface area contributed by atoms with E-state index in [4.69, 9.17) is 11.6 Å². The van der Waals surface area contributed by atoms with Crippen molar-refractivity contribution in [1.82, 2.24) is 9.80 Å². The Labute approximate surface area is 164 Å². The van der Waals surface area contributed by atoms with Gasteiger partial charge in [-0.15, -0.1) is 0 Å². The van der Waals surface area contributed by atoms with Gasteiger partial charge in [0.15, 0.2) is 0 Å². The first-order valence-electron chi connectivity index (χ1n) is 9.17. The van der Waals surface area contributed by atoms with Crippen molar-refractivity contribution in [3.63, 3.8) is 0 Å². The Bertz CT molecular complexity index is 828. The molecule has 0 spiro atoms.